The molecule has 2 saturated heterocycles. The van der Waals surface area contributed by atoms with E-state index in [4.69, 9.17) is 28.1 Å². The Hall–Kier alpha value is -4.00. The maximum absolute atomic E-state index is 13.3. The number of pyridine rings is 1. The van der Waals surface area contributed by atoms with Crippen LogP contribution in [-0.2, 0) is 44.7 Å². The number of hydrogen-bond acceptors (Lipinski definition) is 10. The van der Waals surface area contributed by atoms with Gasteiger partial charge in [0, 0.05) is 36.6 Å². The second-order valence-electron chi connectivity index (χ2n) is 10.1. The largest absolute Gasteiger partial charge is 0.466 e. The number of likely N-dealkylation sites (tertiary alicyclic amines) is 1. The lowest BCUT2D eigenvalue weighted by molar-refractivity contribution is -0.140. The van der Waals surface area contributed by atoms with Gasteiger partial charge < -0.3 is 18.9 Å². The summed E-state index contributed by atoms with van der Waals surface area (Å²) in [5.74, 6) is -0.957. The van der Waals surface area contributed by atoms with Crippen molar-refractivity contribution < 1.29 is 41.1 Å². The van der Waals surface area contributed by atoms with E-state index in [1.165, 1.54) is 31.3 Å². The van der Waals surface area contributed by atoms with Gasteiger partial charge in [-0.25, -0.2) is 14.6 Å². The van der Waals surface area contributed by atoms with Gasteiger partial charge in [-0.15, -0.1) is 0 Å². The molecule has 2 fully saturated rings. The Morgan fingerprint density at radius 1 is 1.12 bits per heavy atom. The average Bonchev–Trinajstić information content (AvgIpc) is 3.31. The first-order valence-electron chi connectivity index (χ1n) is 13.0. The van der Waals surface area contributed by atoms with Crippen LogP contribution in [0.2, 0.25) is 0 Å². The number of para-hydroxylation sites is 1. The highest BCUT2D eigenvalue weighted by Crippen LogP contribution is 2.54. The first-order valence-corrected chi connectivity index (χ1v) is 14.5. The van der Waals surface area contributed by atoms with Crippen molar-refractivity contribution in [2.75, 3.05) is 27.6 Å². The molecule has 3 atom stereocenters. The molecule has 41 heavy (non-hydrogen) atoms. The van der Waals surface area contributed by atoms with E-state index >= 15 is 0 Å². The molecule has 0 spiro atoms. The van der Waals surface area contributed by atoms with Crippen molar-refractivity contribution in [1.29, 1.82) is 0 Å². The highest BCUT2D eigenvalue weighted by atomic mass is 32.2. The first-order chi connectivity index (χ1) is 19.7. The summed E-state index contributed by atoms with van der Waals surface area (Å²) in [6.07, 6.45) is -0.654. The monoisotopic (exact) mass is 580 g/mol. The summed E-state index contributed by atoms with van der Waals surface area (Å²) in [6, 6.07) is 12.8. The van der Waals surface area contributed by atoms with Crippen molar-refractivity contribution in [2.45, 2.75) is 37.0 Å². The van der Waals surface area contributed by atoms with Crippen molar-refractivity contribution in [3.05, 3.63) is 76.5 Å². The number of ether oxygens (including phenoxy) is 4. The lowest BCUT2D eigenvalue weighted by atomic mass is 9.74. The fraction of sp³-hybridized carbons (Fsp3) is 0.345. The summed E-state index contributed by atoms with van der Waals surface area (Å²) in [5, 5.41) is 0.603. The number of nitrogens with zero attached hydrogens (tertiary/aromatic N) is 2. The fourth-order valence-corrected chi connectivity index (χ4v) is 6.79. The lowest BCUT2D eigenvalue weighted by Crippen LogP contribution is -2.49. The average molecular weight is 581 g/mol. The molecule has 2 aromatic carbocycles. The number of carbonyl (C=O) groups is 2. The van der Waals surface area contributed by atoms with E-state index in [-0.39, 0.29) is 36.2 Å². The number of methoxy groups -OCH3 is 2. The number of aryl methyl sites for hydroxylation is 1. The van der Waals surface area contributed by atoms with Crippen LogP contribution < -0.4 is 0 Å². The van der Waals surface area contributed by atoms with Crippen LogP contribution in [0.5, 0.6) is 0 Å². The number of hydrogen-bond donors (Lipinski definition) is 0. The van der Waals surface area contributed by atoms with Crippen molar-refractivity contribution in [1.82, 2.24) is 9.88 Å². The Labute approximate surface area is 236 Å². The van der Waals surface area contributed by atoms with Gasteiger partial charge in [-0.1, -0.05) is 35.9 Å². The fourth-order valence-electron chi connectivity index (χ4n) is 5.91. The summed E-state index contributed by atoms with van der Waals surface area (Å²) in [4.78, 5) is 32.8. The van der Waals surface area contributed by atoms with E-state index in [1.54, 1.807) is 30.3 Å². The third kappa shape index (κ3) is 4.52. The van der Waals surface area contributed by atoms with Crippen molar-refractivity contribution >= 4 is 38.8 Å². The summed E-state index contributed by atoms with van der Waals surface area (Å²) < 4.78 is 54.1. The van der Waals surface area contributed by atoms with Gasteiger partial charge in [0.15, 0.2) is 6.79 Å². The van der Waals surface area contributed by atoms with E-state index < -0.39 is 40.2 Å². The van der Waals surface area contributed by atoms with Gasteiger partial charge in [0.1, 0.15) is 11.9 Å². The lowest BCUT2D eigenvalue weighted by Gasteiger charge is -2.43. The molecule has 3 aliphatic rings. The first kappa shape index (κ1) is 27.2. The van der Waals surface area contributed by atoms with E-state index in [0.29, 0.717) is 34.1 Å². The SMILES string of the molecule is COCOC1=C2C(=O)O[C@H]3CCN(C(=O)OC)[C@@H](c4nc5ccccc5c(COS(=O)(=O)c5ccc(C)cc5)c41)[C@@H]23. The Balaban J connectivity index is 1.58. The molecular formula is C29H28N2O9S. The standard InChI is InChI=1S/C29H28N2O9S/c1-16-8-10-17(11-9-16)41(34,35)39-14-19-18-6-4-5-7-20(18)30-25-22(19)27(38-15-36-2)24-23-21(40-28(24)32)12-13-31(26(23)25)29(33)37-3/h4-11,21,23,26H,12-15H2,1-3H3/t21-,23+,26+/m0/s1. The number of carbonyl (C=O) groups excluding carboxylic acids is 2. The maximum Gasteiger partial charge on any atom is 0.410 e. The third-order valence-electron chi connectivity index (χ3n) is 7.72. The molecule has 0 N–H and O–H groups in total. The smallest absolute Gasteiger partial charge is 0.410 e. The van der Waals surface area contributed by atoms with Gasteiger partial charge in [0.2, 0.25) is 0 Å². The van der Waals surface area contributed by atoms with Gasteiger partial charge in [-0.05, 0) is 25.1 Å². The van der Waals surface area contributed by atoms with Crippen molar-refractivity contribution in [2.24, 2.45) is 5.92 Å². The van der Waals surface area contributed by atoms with Gasteiger partial charge in [-0.3, -0.25) is 9.08 Å². The quantitative estimate of drug-likeness (QED) is 0.231. The van der Waals surface area contributed by atoms with Crippen molar-refractivity contribution in [3.63, 3.8) is 0 Å². The Kier molecular flexibility index (Phi) is 6.92. The number of rotatable bonds is 7. The molecule has 0 radical (unpaired) electrons. The van der Waals surface area contributed by atoms with E-state index in [2.05, 4.69) is 0 Å². The second-order valence-corrected chi connectivity index (χ2v) is 11.7. The summed E-state index contributed by atoms with van der Waals surface area (Å²) in [6.45, 7) is 1.55. The zero-order valence-corrected chi connectivity index (χ0v) is 23.5. The number of esters is 1. The molecule has 6 rings (SSSR count). The number of piperidine rings is 1. The van der Waals surface area contributed by atoms with Gasteiger partial charge in [0.25, 0.3) is 10.1 Å². The van der Waals surface area contributed by atoms with Gasteiger partial charge in [-0.2, -0.15) is 8.42 Å². The number of benzene rings is 2. The minimum absolute atomic E-state index is 0.0102. The van der Waals surface area contributed by atoms with Crippen LogP contribution in [0.4, 0.5) is 4.79 Å². The Bertz CT molecular complexity index is 1680. The topological polar surface area (TPSA) is 131 Å². The molecule has 1 aliphatic carbocycles. The molecule has 214 valence electrons. The predicted molar refractivity (Wildman–Crippen MR) is 145 cm³/mol. The molecular weight excluding hydrogens is 552 g/mol. The van der Waals surface area contributed by atoms with Gasteiger partial charge in [0.05, 0.1) is 47.4 Å². The Morgan fingerprint density at radius 2 is 1.88 bits per heavy atom. The molecule has 0 saturated carbocycles. The van der Waals surface area contributed by atoms with Crippen LogP contribution in [0.3, 0.4) is 0 Å². The third-order valence-corrected chi connectivity index (χ3v) is 9.00. The summed E-state index contributed by atoms with van der Waals surface area (Å²) in [7, 11) is -1.41. The van der Waals surface area contributed by atoms with E-state index in [0.717, 1.165) is 5.56 Å². The molecule has 1 aromatic heterocycles. The van der Waals surface area contributed by atoms with Crippen LogP contribution >= 0.6 is 0 Å². The van der Waals surface area contributed by atoms with Crippen molar-refractivity contribution in [3.8, 4) is 0 Å². The van der Waals surface area contributed by atoms with Gasteiger partial charge >= 0.3 is 12.1 Å². The van der Waals surface area contributed by atoms with Crippen LogP contribution in [0.25, 0.3) is 16.7 Å². The second kappa shape index (κ2) is 10.4. The van der Waals surface area contributed by atoms with Crippen LogP contribution in [0, 0.1) is 12.8 Å². The number of fused-ring (bicyclic) bond motifs is 3. The van der Waals surface area contributed by atoms with Crippen LogP contribution in [0.15, 0.2) is 59.0 Å². The molecule has 3 aromatic rings. The number of aromatic nitrogens is 1. The maximum atomic E-state index is 13.3. The minimum Gasteiger partial charge on any atom is -0.466 e. The Morgan fingerprint density at radius 3 is 2.61 bits per heavy atom. The molecule has 0 bridgehead atoms. The minimum atomic E-state index is -4.16. The molecule has 12 heteroatoms. The summed E-state index contributed by atoms with van der Waals surface area (Å²) >= 11 is 0. The van der Waals surface area contributed by atoms with E-state index in [9.17, 15) is 18.0 Å². The zero-order chi connectivity index (χ0) is 28.9. The van der Waals surface area contributed by atoms with Crippen LogP contribution in [-0.4, -0.2) is 64.0 Å². The normalized spacial score (nSPS) is 21.4. The van der Waals surface area contributed by atoms with Crippen LogP contribution in [0.1, 0.15) is 34.8 Å². The predicted octanol–water partition coefficient (Wildman–Crippen LogP) is 3.85. The van der Waals surface area contributed by atoms with E-state index in [1.807, 2.05) is 13.0 Å². The summed E-state index contributed by atoms with van der Waals surface area (Å²) in [5.41, 5.74) is 2.95. The zero-order valence-electron chi connectivity index (χ0n) is 22.7. The highest BCUT2D eigenvalue weighted by Gasteiger charge is 2.57. The molecule has 0 unspecified atom stereocenters. The highest BCUT2D eigenvalue weighted by molar-refractivity contribution is 7.86. The molecule has 2 aliphatic heterocycles. The molecule has 11 nitrogen and oxygen atoms in total. The molecule has 3 heterocycles. The molecule has 1 amide bonds. The number of amides is 1.